The molecule has 1 aliphatic rings. The lowest BCUT2D eigenvalue weighted by atomic mass is 10.1. The van der Waals surface area contributed by atoms with Gasteiger partial charge in [-0.2, -0.15) is 0 Å². The molecular weight excluding hydrogens is 496 g/mol. The number of amides is 2. The molecule has 186 valence electrons. The van der Waals surface area contributed by atoms with E-state index < -0.39 is 24.5 Å². The second-order valence-corrected chi connectivity index (χ2v) is 8.94. The third-order valence-corrected chi connectivity index (χ3v) is 6.64. The first kappa shape index (κ1) is 24.3. The second kappa shape index (κ2) is 9.55. The van der Waals surface area contributed by atoms with E-state index in [0.717, 1.165) is 4.90 Å². The van der Waals surface area contributed by atoms with Gasteiger partial charge in [0.25, 0.3) is 17.7 Å². The van der Waals surface area contributed by atoms with Crippen LogP contribution in [-0.4, -0.2) is 47.0 Å². The lowest BCUT2D eigenvalue weighted by Gasteiger charge is -2.14. The molecule has 0 aliphatic carbocycles. The largest absolute Gasteiger partial charge is 0.497 e. The SMILES string of the molecule is COc1ccc2c(c1)c(CC(=O)OCN1C(=O)c3ccccc3C1=O)c(C)n2C(=O)c1ccc(Cl)cc1. The third kappa shape index (κ3) is 4.25. The molecule has 9 heteroatoms. The molecule has 0 saturated carbocycles. The Hall–Kier alpha value is -4.43. The Morgan fingerprint density at radius 2 is 1.57 bits per heavy atom. The molecule has 0 fully saturated rings. The molecule has 0 atom stereocenters. The molecule has 0 N–H and O–H groups in total. The molecule has 5 rings (SSSR count). The van der Waals surface area contributed by atoms with Crippen LogP contribution in [0.2, 0.25) is 5.02 Å². The first-order valence-electron chi connectivity index (χ1n) is 11.4. The molecule has 3 aromatic carbocycles. The van der Waals surface area contributed by atoms with Gasteiger partial charge < -0.3 is 9.47 Å². The lowest BCUT2D eigenvalue weighted by Crippen LogP contribution is -2.33. The van der Waals surface area contributed by atoms with Gasteiger partial charge in [0.15, 0.2) is 6.73 Å². The summed E-state index contributed by atoms with van der Waals surface area (Å²) in [7, 11) is 1.53. The minimum atomic E-state index is -0.652. The topological polar surface area (TPSA) is 94.9 Å². The maximum absolute atomic E-state index is 13.4. The Morgan fingerprint density at radius 3 is 2.19 bits per heavy atom. The minimum absolute atomic E-state index is 0.181. The number of imide groups is 1. The van der Waals surface area contributed by atoms with Crippen LogP contribution >= 0.6 is 11.6 Å². The monoisotopic (exact) mass is 516 g/mol. The number of methoxy groups -OCH3 is 1. The highest BCUT2D eigenvalue weighted by Gasteiger charge is 2.36. The van der Waals surface area contributed by atoms with E-state index in [9.17, 15) is 19.2 Å². The van der Waals surface area contributed by atoms with Crippen molar-refractivity contribution >= 4 is 46.2 Å². The first-order chi connectivity index (χ1) is 17.8. The molecule has 1 aromatic heterocycles. The number of nitrogens with zero attached hydrogens (tertiary/aromatic N) is 2. The molecule has 37 heavy (non-hydrogen) atoms. The molecular formula is C28H21ClN2O6. The van der Waals surface area contributed by atoms with Crippen LogP contribution in [0, 0.1) is 6.92 Å². The molecule has 0 saturated heterocycles. The van der Waals surface area contributed by atoms with Crippen LogP contribution in [0.3, 0.4) is 0 Å². The van der Waals surface area contributed by atoms with Crippen molar-refractivity contribution in [1.29, 1.82) is 0 Å². The fraction of sp³-hybridized carbons (Fsp3) is 0.143. The highest BCUT2D eigenvalue weighted by Crippen LogP contribution is 2.31. The van der Waals surface area contributed by atoms with Crippen molar-refractivity contribution in [3.8, 4) is 5.75 Å². The second-order valence-electron chi connectivity index (χ2n) is 8.50. The van der Waals surface area contributed by atoms with Crippen LogP contribution in [-0.2, 0) is 16.0 Å². The minimum Gasteiger partial charge on any atom is -0.497 e. The number of esters is 1. The van der Waals surface area contributed by atoms with Crippen molar-refractivity contribution in [2.24, 2.45) is 0 Å². The summed E-state index contributed by atoms with van der Waals surface area (Å²) in [6.45, 7) is 1.24. The van der Waals surface area contributed by atoms with Gasteiger partial charge in [-0.15, -0.1) is 0 Å². The average molecular weight is 517 g/mol. The molecule has 2 heterocycles. The zero-order chi connectivity index (χ0) is 26.3. The quantitative estimate of drug-likeness (QED) is 0.274. The van der Waals surface area contributed by atoms with Crippen LogP contribution < -0.4 is 4.74 Å². The summed E-state index contributed by atoms with van der Waals surface area (Å²) in [5.41, 5.74) is 2.70. The van der Waals surface area contributed by atoms with Gasteiger partial charge in [0.1, 0.15) is 5.75 Å². The van der Waals surface area contributed by atoms with Crippen LogP contribution in [0.5, 0.6) is 5.75 Å². The summed E-state index contributed by atoms with van der Waals surface area (Å²) >= 11 is 5.98. The highest BCUT2D eigenvalue weighted by atomic mass is 35.5. The van der Waals surface area contributed by atoms with Gasteiger partial charge in [-0.05, 0) is 67.1 Å². The van der Waals surface area contributed by atoms with Gasteiger partial charge in [-0.25, -0.2) is 4.90 Å². The van der Waals surface area contributed by atoms with E-state index in [1.165, 1.54) is 11.7 Å². The van der Waals surface area contributed by atoms with Crippen molar-refractivity contribution in [3.05, 3.63) is 99.7 Å². The normalized spacial score (nSPS) is 12.7. The molecule has 0 bridgehead atoms. The van der Waals surface area contributed by atoms with Crippen LogP contribution in [0.4, 0.5) is 0 Å². The van der Waals surface area contributed by atoms with Crippen molar-refractivity contribution < 1.29 is 28.7 Å². The molecule has 8 nitrogen and oxygen atoms in total. The van der Waals surface area contributed by atoms with Crippen molar-refractivity contribution in [2.75, 3.05) is 13.8 Å². The Morgan fingerprint density at radius 1 is 0.919 bits per heavy atom. The number of aromatic nitrogens is 1. The Labute approximate surface area is 216 Å². The zero-order valence-electron chi connectivity index (χ0n) is 20.0. The van der Waals surface area contributed by atoms with Crippen LogP contribution in [0.15, 0.2) is 66.7 Å². The maximum Gasteiger partial charge on any atom is 0.312 e. The van der Waals surface area contributed by atoms with E-state index in [0.29, 0.717) is 38.5 Å². The Balaban J connectivity index is 1.42. The predicted octanol–water partition coefficient (Wildman–Crippen LogP) is 4.64. The number of carbonyl (C=O) groups is 4. The number of fused-ring (bicyclic) bond motifs is 2. The van der Waals surface area contributed by atoms with Crippen LogP contribution in [0.1, 0.15) is 42.3 Å². The van der Waals surface area contributed by atoms with Crippen molar-refractivity contribution in [3.63, 3.8) is 0 Å². The van der Waals surface area contributed by atoms with Gasteiger partial charge in [0.2, 0.25) is 0 Å². The molecule has 4 aromatic rings. The van der Waals surface area contributed by atoms with Gasteiger partial charge in [0.05, 0.1) is 30.2 Å². The molecule has 0 unspecified atom stereocenters. The Kier molecular flexibility index (Phi) is 6.27. The summed E-state index contributed by atoms with van der Waals surface area (Å²) in [4.78, 5) is 52.3. The first-order valence-corrected chi connectivity index (χ1v) is 11.8. The zero-order valence-corrected chi connectivity index (χ0v) is 20.7. The molecule has 2 amide bonds. The number of carbonyl (C=O) groups excluding carboxylic acids is 4. The number of benzene rings is 3. The number of hydrogen-bond donors (Lipinski definition) is 0. The Bertz CT molecular complexity index is 1550. The van der Waals surface area contributed by atoms with E-state index in [-0.39, 0.29) is 23.5 Å². The molecule has 1 aliphatic heterocycles. The fourth-order valence-electron chi connectivity index (χ4n) is 4.48. The van der Waals surface area contributed by atoms with Gasteiger partial charge in [0, 0.05) is 21.7 Å². The number of rotatable bonds is 6. The summed E-state index contributed by atoms with van der Waals surface area (Å²) in [5.74, 6) is -1.40. The van der Waals surface area contributed by atoms with Gasteiger partial charge >= 0.3 is 5.97 Å². The van der Waals surface area contributed by atoms with E-state index in [2.05, 4.69) is 0 Å². The average Bonchev–Trinajstić information content (AvgIpc) is 3.32. The van der Waals surface area contributed by atoms with E-state index in [1.54, 1.807) is 73.7 Å². The summed E-state index contributed by atoms with van der Waals surface area (Å²) in [6.07, 6.45) is -0.181. The summed E-state index contributed by atoms with van der Waals surface area (Å²) in [6, 6.07) is 18.2. The standard InChI is InChI=1S/C28H21ClN2O6/c1-16-22(14-25(32)37-15-30-27(34)20-5-3-4-6-21(20)28(30)35)23-13-19(36-2)11-12-24(23)31(16)26(33)17-7-9-18(29)10-8-17/h3-13H,14-15H2,1-2H3. The van der Waals surface area contributed by atoms with Gasteiger partial charge in [-0.3, -0.25) is 23.7 Å². The fourth-order valence-corrected chi connectivity index (χ4v) is 4.61. The summed E-state index contributed by atoms with van der Waals surface area (Å²) in [5, 5.41) is 1.16. The lowest BCUT2D eigenvalue weighted by molar-refractivity contribution is -0.145. The number of hydrogen-bond acceptors (Lipinski definition) is 6. The van der Waals surface area contributed by atoms with E-state index >= 15 is 0 Å². The maximum atomic E-state index is 13.4. The summed E-state index contributed by atoms with van der Waals surface area (Å²) < 4.78 is 12.2. The smallest absolute Gasteiger partial charge is 0.312 e. The highest BCUT2D eigenvalue weighted by molar-refractivity contribution is 6.30. The molecule has 0 radical (unpaired) electrons. The van der Waals surface area contributed by atoms with Crippen LogP contribution in [0.25, 0.3) is 10.9 Å². The predicted molar refractivity (Wildman–Crippen MR) is 136 cm³/mol. The van der Waals surface area contributed by atoms with E-state index in [1.807, 2.05) is 0 Å². The van der Waals surface area contributed by atoms with Crippen molar-refractivity contribution in [1.82, 2.24) is 9.47 Å². The van der Waals surface area contributed by atoms with Gasteiger partial charge in [-0.1, -0.05) is 23.7 Å². The number of ether oxygens (including phenoxy) is 2. The number of halogens is 1. The molecule has 0 spiro atoms. The van der Waals surface area contributed by atoms with Crippen molar-refractivity contribution in [2.45, 2.75) is 13.3 Å². The third-order valence-electron chi connectivity index (χ3n) is 6.39. The van der Waals surface area contributed by atoms with E-state index in [4.69, 9.17) is 21.1 Å².